The molecule has 1 unspecified atom stereocenters. The van der Waals surface area contributed by atoms with Crippen molar-refractivity contribution in [3.8, 4) is 0 Å². The van der Waals surface area contributed by atoms with E-state index in [-0.39, 0.29) is 11.9 Å². The van der Waals surface area contributed by atoms with E-state index in [0.717, 1.165) is 48.0 Å². The van der Waals surface area contributed by atoms with Gasteiger partial charge in [0.05, 0.1) is 18.8 Å². The summed E-state index contributed by atoms with van der Waals surface area (Å²) in [5.74, 6) is 0.117. The fraction of sp³-hybridized carbons (Fsp3) is 0.333. The van der Waals surface area contributed by atoms with E-state index in [9.17, 15) is 4.79 Å². The monoisotopic (exact) mass is 309 g/mol. The van der Waals surface area contributed by atoms with Crippen molar-refractivity contribution in [1.82, 2.24) is 14.8 Å². The van der Waals surface area contributed by atoms with E-state index in [0.29, 0.717) is 6.42 Å². The van der Waals surface area contributed by atoms with Crippen LogP contribution in [0.1, 0.15) is 28.8 Å². The van der Waals surface area contributed by atoms with Crippen molar-refractivity contribution in [2.45, 2.75) is 31.9 Å². The third-order valence-electron chi connectivity index (χ3n) is 4.36. The van der Waals surface area contributed by atoms with Crippen LogP contribution in [0.3, 0.4) is 0 Å². The minimum atomic E-state index is 0.117. The Morgan fingerprint density at radius 3 is 3.22 bits per heavy atom. The molecule has 0 bridgehead atoms. The summed E-state index contributed by atoms with van der Waals surface area (Å²) in [6.07, 6.45) is 8.44. The summed E-state index contributed by atoms with van der Waals surface area (Å²) in [6.45, 7) is 1.61. The molecule has 1 N–H and O–H groups in total. The molecule has 3 heterocycles. The summed E-state index contributed by atoms with van der Waals surface area (Å²) in [5, 5.41) is 5.33. The van der Waals surface area contributed by atoms with Gasteiger partial charge in [-0.3, -0.25) is 9.48 Å². The third kappa shape index (κ3) is 2.92. The molecule has 5 nitrogen and oxygen atoms in total. The minimum Gasteiger partial charge on any atom is -0.376 e. The zero-order chi connectivity index (χ0) is 15.6. The van der Waals surface area contributed by atoms with Crippen molar-refractivity contribution in [1.29, 1.82) is 0 Å². The molecule has 1 aliphatic heterocycles. The summed E-state index contributed by atoms with van der Waals surface area (Å²) in [5.41, 5.74) is 2.70. The molecule has 3 aromatic rings. The second kappa shape index (κ2) is 6.01. The van der Waals surface area contributed by atoms with E-state index in [1.165, 1.54) is 0 Å². The largest absolute Gasteiger partial charge is 0.376 e. The van der Waals surface area contributed by atoms with E-state index in [1.54, 1.807) is 6.20 Å². The highest BCUT2D eigenvalue weighted by Crippen LogP contribution is 2.19. The molecule has 2 aromatic heterocycles. The van der Waals surface area contributed by atoms with Gasteiger partial charge >= 0.3 is 0 Å². The second-order valence-electron chi connectivity index (χ2n) is 6.05. The van der Waals surface area contributed by atoms with Crippen LogP contribution in [0.4, 0.5) is 0 Å². The summed E-state index contributed by atoms with van der Waals surface area (Å²) >= 11 is 0. The van der Waals surface area contributed by atoms with Crippen LogP contribution in [0, 0.1) is 0 Å². The highest BCUT2D eigenvalue weighted by Gasteiger charge is 2.17. The van der Waals surface area contributed by atoms with Crippen molar-refractivity contribution >= 4 is 16.7 Å². The second-order valence-corrected chi connectivity index (χ2v) is 6.05. The average molecular weight is 309 g/mol. The molecule has 5 heteroatoms. The number of Topliss-reactive ketones (excluding diaryl/α,β-unsaturated/α-hetero) is 1. The quantitative estimate of drug-likeness (QED) is 0.737. The van der Waals surface area contributed by atoms with Gasteiger partial charge in [0.15, 0.2) is 5.78 Å². The lowest BCUT2D eigenvalue weighted by molar-refractivity contribution is 0.0940. The first kappa shape index (κ1) is 14.2. The predicted octanol–water partition coefficient (Wildman–Crippen LogP) is 2.97. The molecule has 1 fully saturated rings. The number of H-pyrrole nitrogens is 1. The lowest BCUT2D eigenvalue weighted by Gasteiger charge is -2.08. The number of aromatic nitrogens is 3. The number of ketones is 1. The summed E-state index contributed by atoms with van der Waals surface area (Å²) in [4.78, 5) is 15.7. The number of hydrogen-bond acceptors (Lipinski definition) is 3. The maximum Gasteiger partial charge on any atom is 0.168 e. The molecule has 0 spiro atoms. The number of nitrogens with zero attached hydrogens (tertiary/aromatic N) is 2. The minimum absolute atomic E-state index is 0.117. The number of fused-ring (bicyclic) bond motifs is 1. The van der Waals surface area contributed by atoms with Gasteiger partial charge in [-0.2, -0.15) is 5.10 Å². The normalized spacial score (nSPS) is 17.8. The number of hydrogen-bond donors (Lipinski definition) is 1. The van der Waals surface area contributed by atoms with Gasteiger partial charge < -0.3 is 9.72 Å². The van der Waals surface area contributed by atoms with Gasteiger partial charge in [0.2, 0.25) is 0 Å². The number of carbonyl (C=O) groups is 1. The Kier molecular flexibility index (Phi) is 3.71. The van der Waals surface area contributed by atoms with Crippen molar-refractivity contribution in [3.63, 3.8) is 0 Å². The van der Waals surface area contributed by atoms with Crippen LogP contribution < -0.4 is 0 Å². The molecule has 1 atom stereocenters. The molecule has 118 valence electrons. The van der Waals surface area contributed by atoms with Gasteiger partial charge in [0.25, 0.3) is 0 Å². The molecule has 0 aliphatic carbocycles. The van der Waals surface area contributed by atoms with Gasteiger partial charge in [-0.25, -0.2) is 0 Å². The Balaban J connectivity index is 1.48. The standard InChI is InChI=1S/C18H19N3O2/c22-18(16-4-1-5-17-15(16)6-7-19-17)9-13-10-20-21(11-13)12-14-3-2-8-23-14/h1,4-7,10-11,14,19H,2-3,8-9,12H2. The van der Waals surface area contributed by atoms with Crippen molar-refractivity contribution < 1.29 is 9.53 Å². The van der Waals surface area contributed by atoms with E-state index in [1.807, 2.05) is 41.3 Å². The highest BCUT2D eigenvalue weighted by molar-refractivity contribution is 6.08. The molecular formula is C18H19N3O2. The molecular weight excluding hydrogens is 290 g/mol. The molecule has 1 aliphatic rings. The Hall–Kier alpha value is -2.40. The third-order valence-corrected chi connectivity index (χ3v) is 4.36. The smallest absolute Gasteiger partial charge is 0.168 e. The maximum atomic E-state index is 12.6. The van der Waals surface area contributed by atoms with Gasteiger partial charge in [-0.1, -0.05) is 12.1 Å². The van der Waals surface area contributed by atoms with Crippen LogP contribution in [-0.2, 0) is 17.7 Å². The SMILES string of the molecule is O=C(Cc1cnn(CC2CCCO2)c1)c1cccc2[nH]ccc12. The number of ether oxygens (including phenoxy) is 1. The van der Waals surface area contributed by atoms with Crippen LogP contribution in [0.25, 0.3) is 10.9 Å². The molecule has 23 heavy (non-hydrogen) atoms. The Labute approximate surface area is 134 Å². The van der Waals surface area contributed by atoms with Crippen LogP contribution in [0.5, 0.6) is 0 Å². The van der Waals surface area contributed by atoms with Gasteiger partial charge in [-0.15, -0.1) is 0 Å². The first-order valence-electron chi connectivity index (χ1n) is 8.02. The van der Waals surface area contributed by atoms with Gasteiger partial charge in [-0.05, 0) is 30.5 Å². The van der Waals surface area contributed by atoms with E-state index >= 15 is 0 Å². The molecule has 4 rings (SSSR count). The molecule has 0 radical (unpaired) electrons. The number of nitrogens with one attached hydrogen (secondary N) is 1. The zero-order valence-corrected chi connectivity index (χ0v) is 12.9. The number of rotatable bonds is 5. The highest BCUT2D eigenvalue weighted by atomic mass is 16.5. The average Bonchev–Trinajstić information content (AvgIpc) is 3.28. The zero-order valence-electron chi connectivity index (χ0n) is 12.9. The van der Waals surface area contributed by atoms with Gasteiger partial charge in [0, 0.05) is 41.9 Å². The van der Waals surface area contributed by atoms with Crippen LogP contribution in [-0.4, -0.2) is 33.3 Å². The first-order chi connectivity index (χ1) is 11.3. The Bertz CT molecular complexity index is 828. The fourth-order valence-corrected chi connectivity index (χ4v) is 3.20. The van der Waals surface area contributed by atoms with E-state index in [2.05, 4.69) is 10.1 Å². The van der Waals surface area contributed by atoms with Gasteiger partial charge in [0.1, 0.15) is 0 Å². The number of carbonyl (C=O) groups excluding carboxylic acids is 1. The Morgan fingerprint density at radius 1 is 1.39 bits per heavy atom. The molecule has 1 saturated heterocycles. The lowest BCUT2D eigenvalue weighted by Crippen LogP contribution is -2.15. The maximum absolute atomic E-state index is 12.6. The summed E-state index contributed by atoms with van der Waals surface area (Å²) in [6, 6.07) is 7.72. The predicted molar refractivity (Wildman–Crippen MR) is 87.5 cm³/mol. The lowest BCUT2D eigenvalue weighted by atomic mass is 10.0. The van der Waals surface area contributed by atoms with Crippen LogP contribution in [0.15, 0.2) is 42.9 Å². The fourth-order valence-electron chi connectivity index (χ4n) is 3.20. The molecule has 1 aromatic carbocycles. The van der Waals surface area contributed by atoms with Crippen LogP contribution >= 0.6 is 0 Å². The summed E-state index contributed by atoms with van der Waals surface area (Å²) < 4.78 is 7.51. The molecule has 0 amide bonds. The number of aromatic amines is 1. The summed E-state index contributed by atoms with van der Waals surface area (Å²) in [7, 11) is 0. The van der Waals surface area contributed by atoms with E-state index in [4.69, 9.17) is 4.74 Å². The first-order valence-corrected chi connectivity index (χ1v) is 8.02. The van der Waals surface area contributed by atoms with Crippen molar-refractivity contribution in [2.75, 3.05) is 6.61 Å². The van der Waals surface area contributed by atoms with Crippen molar-refractivity contribution in [2.24, 2.45) is 0 Å². The van der Waals surface area contributed by atoms with Crippen LogP contribution in [0.2, 0.25) is 0 Å². The Morgan fingerprint density at radius 2 is 2.35 bits per heavy atom. The van der Waals surface area contributed by atoms with Crippen molar-refractivity contribution in [3.05, 3.63) is 54.0 Å². The van der Waals surface area contributed by atoms with E-state index < -0.39 is 0 Å². The number of benzene rings is 1. The topological polar surface area (TPSA) is 59.9 Å². The molecule has 0 saturated carbocycles.